The third-order valence-electron chi connectivity index (χ3n) is 4.17. The Morgan fingerprint density at radius 2 is 2.20 bits per heavy atom. The summed E-state index contributed by atoms with van der Waals surface area (Å²) in [4.78, 5) is 11.0. The highest BCUT2D eigenvalue weighted by atomic mass is 19.1. The van der Waals surface area contributed by atoms with Crippen molar-refractivity contribution >= 4 is 5.97 Å². The minimum absolute atomic E-state index is 0.151. The number of carbonyl (C=O) groups is 1. The molecule has 2 N–H and O–H groups in total. The third-order valence-corrected chi connectivity index (χ3v) is 4.17. The van der Waals surface area contributed by atoms with Crippen LogP contribution in [0.1, 0.15) is 37.3 Å². The summed E-state index contributed by atoms with van der Waals surface area (Å²) in [5, 5.41) is 12.2. The van der Waals surface area contributed by atoms with Gasteiger partial charge < -0.3 is 15.2 Å². The Morgan fingerprint density at radius 3 is 2.80 bits per heavy atom. The molecule has 0 aromatic heterocycles. The smallest absolute Gasteiger partial charge is 0.307 e. The molecule has 1 aromatic carbocycles. The summed E-state index contributed by atoms with van der Waals surface area (Å²) < 4.78 is 19.4. The van der Waals surface area contributed by atoms with Crippen molar-refractivity contribution < 1.29 is 19.0 Å². The van der Waals surface area contributed by atoms with Gasteiger partial charge in [0.25, 0.3) is 0 Å². The van der Waals surface area contributed by atoms with Gasteiger partial charge in [0, 0.05) is 18.2 Å². The number of halogens is 1. The zero-order chi connectivity index (χ0) is 14.1. The maximum atomic E-state index is 13.5. The number of carboxylic acid groups (broad SMARTS) is 1. The van der Waals surface area contributed by atoms with Crippen LogP contribution in [0.15, 0.2) is 18.2 Å². The van der Waals surface area contributed by atoms with Gasteiger partial charge in [0.2, 0.25) is 0 Å². The summed E-state index contributed by atoms with van der Waals surface area (Å²) in [5.74, 6) is -0.862. The van der Waals surface area contributed by atoms with Crippen LogP contribution < -0.4 is 10.1 Å². The molecule has 1 heterocycles. The van der Waals surface area contributed by atoms with Gasteiger partial charge in [0.1, 0.15) is 11.6 Å². The van der Waals surface area contributed by atoms with Crippen molar-refractivity contribution in [1.82, 2.24) is 5.32 Å². The van der Waals surface area contributed by atoms with Crippen molar-refractivity contribution in [3.05, 3.63) is 29.6 Å². The minimum Gasteiger partial charge on any atom is -0.490 e. The molecule has 5 heteroatoms. The largest absolute Gasteiger partial charge is 0.490 e. The third kappa shape index (κ3) is 2.63. The van der Waals surface area contributed by atoms with Crippen LogP contribution in [-0.4, -0.2) is 23.7 Å². The number of hydrogen-bond donors (Lipinski definition) is 2. The van der Waals surface area contributed by atoms with Crippen LogP contribution in [0.5, 0.6) is 5.75 Å². The lowest BCUT2D eigenvalue weighted by Crippen LogP contribution is -2.26. The lowest BCUT2D eigenvalue weighted by molar-refractivity contribution is -0.141. The Balaban J connectivity index is 1.80. The van der Waals surface area contributed by atoms with E-state index in [1.807, 2.05) is 0 Å². The summed E-state index contributed by atoms with van der Waals surface area (Å²) in [5.41, 5.74) is 0.737. The van der Waals surface area contributed by atoms with Crippen LogP contribution in [0, 0.1) is 11.7 Å². The molecule has 1 aliphatic carbocycles. The fraction of sp³-hybridized carbons (Fsp3) is 0.533. The first-order valence-corrected chi connectivity index (χ1v) is 7.06. The molecule has 0 radical (unpaired) electrons. The van der Waals surface area contributed by atoms with E-state index in [0.29, 0.717) is 18.7 Å². The molecule has 108 valence electrons. The zero-order valence-corrected chi connectivity index (χ0v) is 11.1. The van der Waals surface area contributed by atoms with Crippen molar-refractivity contribution in [2.45, 2.75) is 37.8 Å². The van der Waals surface area contributed by atoms with E-state index in [-0.39, 0.29) is 18.0 Å². The Kier molecular flexibility index (Phi) is 3.61. The first-order chi connectivity index (χ1) is 9.63. The van der Waals surface area contributed by atoms with Gasteiger partial charge in [-0.25, -0.2) is 4.39 Å². The fourth-order valence-electron chi connectivity index (χ4n) is 2.73. The number of carboxylic acids is 1. The molecule has 2 fully saturated rings. The van der Waals surface area contributed by atoms with Crippen LogP contribution in [0.25, 0.3) is 0 Å². The van der Waals surface area contributed by atoms with Gasteiger partial charge in [-0.3, -0.25) is 4.79 Å². The van der Waals surface area contributed by atoms with E-state index < -0.39 is 11.9 Å². The van der Waals surface area contributed by atoms with Crippen LogP contribution >= 0.6 is 0 Å². The molecule has 1 aliphatic heterocycles. The molecule has 0 amide bonds. The summed E-state index contributed by atoms with van der Waals surface area (Å²) in [6.45, 7) is 0.416. The molecule has 2 unspecified atom stereocenters. The van der Waals surface area contributed by atoms with E-state index in [1.54, 1.807) is 6.07 Å². The molecule has 1 saturated heterocycles. The van der Waals surface area contributed by atoms with Gasteiger partial charge in [0.15, 0.2) is 0 Å². The van der Waals surface area contributed by atoms with Crippen molar-refractivity contribution in [2.24, 2.45) is 5.92 Å². The van der Waals surface area contributed by atoms with Crippen molar-refractivity contribution in [3.63, 3.8) is 0 Å². The lowest BCUT2D eigenvalue weighted by atomic mass is 9.95. The van der Waals surface area contributed by atoms with E-state index in [4.69, 9.17) is 9.84 Å². The van der Waals surface area contributed by atoms with E-state index in [2.05, 4.69) is 5.32 Å². The van der Waals surface area contributed by atoms with Crippen LogP contribution in [0.4, 0.5) is 4.39 Å². The first kappa shape index (κ1) is 13.4. The number of hydrogen-bond acceptors (Lipinski definition) is 3. The minimum atomic E-state index is -0.808. The quantitative estimate of drug-likeness (QED) is 0.889. The molecule has 4 nitrogen and oxygen atoms in total. The van der Waals surface area contributed by atoms with Gasteiger partial charge in [-0.2, -0.15) is 0 Å². The predicted molar refractivity (Wildman–Crippen MR) is 71.2 cm³/mol. The molecule has 3 rings (SSSR count). The Morgan fingerprint density at radius 1 is 1.40 bits per heavy atom. The van der Waals surface area contributed by atoms with E-state index in [1.165, 1.54) is 18.6 Å². The van der Waals surface area contributed by atoms with Gasteiger partial charge >= 0.3 is 5.97 Å². The summed E-state index contributed by atoms with van der Waals surface area (Å²) in [6, 6.07) is 4.34. The highest BCUT2D eigenvalue weighted by molar-refractivity contribution is 5.71. The fourth-order valence-corrected chi connectivity index (χ4v) is 2.73. The lowest BCUT2D eigenvalue weighted by Gasteiger charge is -2.28. The van der Waals surface area contributed by atoms with Gasteiger partial charge in [-0.1, -0.05) is 0 Å². The molecule has 2 atom stereocenters. The molecule has 0 bridgehead atoms. The maximum absolute atomic E-state index is 13.5. The Bertz CT molecular complexity index is 516. The number of nitrogens with one attached hydrogen (secondary N) is 1. The second-order valence-corrected chi connectivity index (χ2v) is 5.58. The monoisotopic (exact) mass is 279 g/mol. The molecule has 0 spiro atoms. The number of rotatable bonds is 4. The second kappa shape index (κ2) is 5.40. The van der Waals surface area contributed by atoms with Crippen molar-refractivity contribution in [1.29, 1.82) is 0 Å². The van der Waals surface area contributed by atoms with Crippen LogP contribution in [-0.2, 0) is 4.79 Å². The summed E-state index contributed by atoms with van der Waals surface area (Å²) in [6.07, 6.45) is 3.93. The predicted octanol–water partition coefficient (Wildman–Crippen LogP) is 2.49. The molecule has 2 aliphatic rings. The standard InChI is InChI=1S/C15H18FNO3/c16-10-4-5-14(20-11-2-1-3-11)12(7-10)13-6-9(8-17-13)15(18)19/h4-5,7,9,11,13,17H,1-3,6,8H2,(H,18,19). The van der Waals surface area contributed by atoms with Crippen molar-refractivity contribution in [2.75, 3.05) is 6.54 Å². The number of aliphatic carboxylic acids is 1. The molecule has 20 heavy (non-hydrogen) atoms. The SMILES string of the molecule is O=C(O)C1CNC(c2cc(F)ccc2OC2CCC2)C1. The van der Waals surface area contributed by atoms with Gasteiger partial charge in [-0.15, -0.1) is 0 Å². The van der Waals surface area contributed by atoms with E-state index >= 15 is 0 Å². The molecular formula is C15H18FNO3. The number of benzene rings is 1. The van der Waals surface area contributed by atoms with Crippen molar-refractivity contribution in [3.8, 4) is 5.75 Å². The highest BCUT2D eigenvalue weighted by Crippen LogP contribution is 2.36. The maximum Gasteiger partial charge on any atom is 0.307 e. The topological polar surface area (TPSA) is 58.6 Å². The van der Waals surface area contributed by atoms with Crippen LogP contribution in [0.2, 0.25) is 0 Å². The van der Waals surface area contributed by atoms with E-state index in [0.717, 1.165) is 18.4 Å². The average Bonchev–Trinajstić information content (AvgIpc) is 2.84. The number of ether oxygens (including phenoxy) is 1. The van der Waals surface area contributed by atoms with E-state index in [9.17, 15) is 9.18 Å². The summed E-state index contributed by atoms with van der Waals surface area (Å²) in [7, 11) is 0. The molecule has 1 saturated carbocycles. The average molecular weight is 279 g/mol. The highest BCUT2D eigenvalue weighted by Gasteiger charge is 2.32. The van der Waals surface area contributed by atoms with Gasteiger partial charge in [0.05, 0.1) is 12.0 Å². The second-order valence-electron chi connectivity index (χ2n) is 5.58. The molecular weight excluding hydrogens is 261 g/mol. The summed E-state index contributed by atoms with van der Waals surface area (Å²) >= 11 is 0. The van der Waals surface area contributed by atoms with Crippen LogP contribution in [0.3, 0.4) is 0 Å². The van der Waals surface area contributed by atoms with Gasteiger partial charge in [-0.05, 0) is 43.9 Å². The normalized spacial score (nSPS) is 26.2. The Labute approximate surface area is 116 Å². The zero-order valence-electron chi connectivity index (χ0n) is 11.1. The first-order valence-electron chi connectivity index (χ1n) is 7.06. The Hall–Kier alpha value is -1.62. The molecule has 1 aromatic rings.